The van der Waals surface area contributed by atoms with Gasteiger partial charge in [0.25, 0.3) is 5.91 Å². The van der Waals surface area contributed by atoms with Crippen LogP contribution in [0.15, 0.2) is 48.5 Å². The van der Waals surface area contributed by atoms with E-state index in [0.29, 0.717) is 13.1 Å². The number of carbonyl (C=O) groups excluding carboxylic acids is 1. The Morgan fingerprint density at radius 1 is 1.12 bits per heavy atom. The van der Waals surface area contributed by atoms with Crippen molar-refractivity contribution in [2.75, 3.05) is 49.1 Å². The van der Waals surface area contributed by atoms with Crippen molar-refractivity contribution in [3.05, 3.63) is 54.3 Å². The lowest BCUT2D eigenvalue weighted by Gasteiger charge is -2.34. The van der Waals surface area contributed by atoms with Crippen LogP contribution in [0.4, 0.5) is 15.8 Å². The van der Waals surface area contributed by atoms with Crippen molar-refractivity contribution in [1.82, 2.24) is 0 Å². The van der Waals surface area contributed by atoms with E-state index in [2.05, 4.69) is 4.90 Å². The summed E-state index contributed by atoms with van der Waals surface area (Å²) >= 11 is 0. The molecule has 3 rings (SSSR count). The van der Waals surface area contributed by atoms with E-state index in [1.54, 1.807) is 29.2 Å². The van der Waals surface area contributed by atoms with Gasteiger partial charge in [0.15, 0.2) is 6.54 Å². The monoisotopic (exact) mass is 358 g/mol. The minimum atomic E-state index is -0.298. The Kier molecular flexibility index (Phi) is 5.73. The Hall–Kier alpha value is -2.60. The second kappa shape index (κ2) is 8.19. The zero-order valence-electron chi connectivity index (χ0n) is 15.0. The van der Waals surface area contributed by atoms with Crippen LogP contribution in [-0.4, -0.2) is 50.3 Å². The maximum absolute atomic E-state index is 13.1. The van der Waals surface area contributed by atoms with Gasteiger partial charge in [-0.3, -0.25) is 4.79 Å². The molecule has 2 N–H and O–H groups in total. The molecule has 1 aliphatic heterocycles. The van der Waals surface area contributed by atoms with Gasteiger partial charge < -0.3 is 19.8 Å². The number of hydrogen-bond acceptors (Lipinski definition) is 3. The van der Waals surface area contributed by atoms with Gasteiger partial charge in [0, 0.05) is 17.9 Å². The third kappa shape index (κ3) is 4.32. The average molecular weight is 358 g/mol. The second-order valence-corrected chi connectivity index (χ2v) is 6.54. The summed E-state index contributed by atoms with van der Waals surface area (Å²) in [5, 5.41) is 9.40. The molecule has 1 heterocycles. The number of aromatic hydroxyl groups is 1. The van der Waals surface area contributed by atoms with E-state index in [1.807, 2.05) is 19.1 Å². The van der Waals surface area contributed by atoms with Crippen LogP contribution in [0, 0.1) is 5.82 Å². The highest BCUT2D eigenvalue weighted by molar-refractivity contribution is 5.93. The lowest BCUT2D eigenvalue weighted by molar-refractivity contribution is -0.892. The van der Waals surface area contributed by atoms with E-state index in [-0.39, 0.29) is 17.5 Å². The number of rotatable bonds is 5. The topological polar surface area (TPSA) is 48.2 Å². The third-order valence-electron chi connectivity index (χ3n) is 4.84. The number of amides is 1. The van der Waals surface area contributed by atoms with Crippen LogP contribution in [0.3, 0.4) is 0 Å². The first kappa shape index (κ1) is 18.2. The number of quaternary nitrogens is 1. The molecule has 1 fully saturated rings. The van der Waals surface area contributed by atoms with E-state index in [0.717, 1.165) is 37.6 Å². The van der Waals surface area contributed by atoms with E-state index >= 15 is 0 Å². The summed E-state index contributed by atoms with van der Waals surface area (Å²) in [7, 11) is 0. The molecule has 2 aromatic rings. The number of anilines is 2. The van der Waals surface area contributed by atoms with Gasteiger partial charge >= 0.3 is 0 Å². The molecule has 5 nitrogen and oxygen atoms in total. The second-order valence-electron chi connectivity index (χ2n) is 6.54. The summed E-state index contributed by atoms with van der Waals surface area (Å²) in [6.07, 6.45) is 0. The number of halogens is 1. The van der Waals surface area contributed by atoms with E-state index in [4.69, 9.17) is 0 Å². The molecule has 0 atom stereocenters. The van der Waals surface area contributed by atoms with Gasteiger partial charge in [-0.1, -0.05) is 0 Å². The number of nitrogens with zero attached hydrogens (tertiary/aromatic N) is 2. The van der Waals surface area contributed by atoms with Crippen LogP contribution in [-0.2, 0) is 4.79 Å². The fraction of sp³-hybridized carbons (Fsp3) is 0.350. The zero-order chi connectivity index (χ0) is 18.5. The van der Waals surface area contributed by atoms with Crippen molar-refractivity contribution in [3.63, 3.8) is 0 Å². The lowest BCUT2D eigenvalue weighted by Crippen LogP contribution is -3.16. The summed E-state index contributed by atoms with van der Waals surface area (Å²) in [6, 6.07) is 13.3. The molecule has 138 valence electrons. The average Bonchev–Trinajstić information content (AvgIpc) is 2.65. The molecule has 0 bridgehead atoms. The Labute approximate surface area is 153 Å². The van der Waals surface area contributed by atoms with E-state index in [1.165, 1.54) is 17.0 Å². The third-order valence-corrected chi connectivity index (χ3v) is 4.84. The SMILES string of the molecule is CCN(C(=O)C[NH+]1CCN(c2ccc(O)cc2)CC1)c1ccc(F)cc1. The Morgan fingerprint density at radius 3 is 2.31 bits per heavy atom. The number of benzene rings is 2. The summed E-state index contributed by atoms with van der Waals surface area (Å²) in [4.78, 5) is 17.9. The van der Waals surface area contributed by atoms with E-state index in [9.17, 15) is 14.3 Å². The van der Waals surface area contributed by atoms with E-state index < -0.39 is 0 Å². The summed E-state index contributed by atoms with van der Waals surface area (Å²) in [5.74, 6) is 0.0319. The molecule has 0 aromatic heterocycles. The minimum Gasteiger partial charge on any atom is -0.508 e. The highest BCUT2D eigenvalue weighted by Gasteiger charge is 2.25. The quantitative estimate of drug-likeness (QED) is 0.847. The van der Waals surface area contributed by atoms with Crippen LogP contribution in [0.5, 0.6) is 5.75 Å². The highest BCUT2D eigenvalue weighted by Crippen LogP contribution is 2.18. The minimum absolute atomic E-state index is 0.0622. The first-order chi connectivity index (χ1) is 12.6. The number of likely N-dealkylation sites (N-methyl/N-ethyl adjacent to an activating group) is 1. The van der Waals surface area contributed by atoms with Gasteiger partial charge in [0.2, 0.25) is 0 Å². The molecular weight excluding hydrogens is 333 g/mol. The predicted octanol–water partition coefficient (Wildman–Crippen LogP) is 1.29. The van der Waals surface area contributed by atoms with Crippen molar-refractivity contribution >= 4 is 17.3 Å². The van der Waals surface area contributed by atoms with Crippen molar-refractivity contribution in [2.45, 2.75) is 6.92 Å². The van der Waals surface area contributed by atoms with Gasteiger partial charge in [0.05, 0.1) is 26.2 Å². The molecule has 26 heavy (non-hydrogen) atoms. The van der Waals surface area contributed by atoms with Crippen molar-refractivity contribution < 1.29 is 19.2 Å². The van der Waals surface area contributed by atoms with Gasteiger partial charge in [0.1, 0.15) is 11.6 Å². The standard InChI is InChI=1S/C20H24FN3O2/c1-2-24(18-5-3-16(21)4-6-18)20(26)15-22-11-13-23(14-12-22)17-7-9-19(25)10-8-17/h3-10,25H,2,11-15H2,1H3/p+1. The van der Waals surface area contributed by atoms with Crippen molar-refractivity contribution in [1.29, 1.82) is 0 Å². The molecule has 2 aromatic carbocycles. The van der Waals surface area contributed by atoms with Gasteiger partial charge in [-0.05, 0) is 55.5 Å². The summed E-state index contributed by atoms with van der Waals surface area (Å²) in [5.41, 5.74) is 1.83. The number of piperazine rings is 1. The van der Waals surface area contributed by atoms with Crippen molar-refractivity contribution in [2.24, 2.45) is 0 Å². The number of phenols is 1. The van der Waals surface area contributed by atoms with Gasteiger partial charge in [-0.25, -0.2) is 4.39 Å². The molecule has 0 unspecified atom stereocenters. The zero-order valence-corrected chi connectivity index (χ0v) is 15.0. The van der Waals surface area contributed by atoms with Crippen molar-refractivity contribution in [3.8, 4) is 5.75 Å². The maximum atomic E-state index is 13.1. The molecule has 0 saturated carbocycles. The molecule has 1 saturated heterocycles. The first-order valence-corrected chi connectivity index (χ1v) is 9.00. The smallest absolute Gasteiger partial charge is 0.282 e. The molecule has 1 aliphatic rings. The lowest BCUT2D eigenvalue weighted by atomic mass is 10.2. The summed E-state index contributed by atoms with van der Waals surface area (Å²) in [6.45, 7) is 6.44. The maximum Gasteiger partial charge on any atom is 0.282 e. The Bertz CT molecular complexity index is 726. The Balaban J connectivity index is 1.55. The van der Waals surface area contributed by atoms with Crippen LogP contribution < -0.4 is 14.7 Å². The fourth-order valence-electron chi connectivity index (χ4n) is 3.35. The number of phenolic OH excluding ortho intramolecular Hbond substituents is 1. The van der Waals surface area contributed by atoms with Gasteiger partial charge in [-0.15, -0.1) is 0 Å². The molecule has 6 heteroatoms. The molecule has 0 aliphatic carbocycles. The summed E-state index contributed by atoms with van der Waals surface area (Å²) < 4.78 is 13.1. The first-order valence-electron chi connectivity index (χ1n) is 9.00. The van der Waals surface area contributed by atoms with Crippen LogP contribution in [0.1, 0.15) is 6.92 Å². The predicted molar refractivity (Wildman–Crippen MR) is 100 cm³/mol. The van der Waals surface area contributed by atoms with Gasteiger partial charge in [-0.2, -0.15) is 0 Å². The van der Waals surface area contributed by atoms with Crippen LogP contribution in [0.25, 0.3) is 0 Å². The van der Waals surface area contributed by atoms with Crippen LogP contribution >= 0.6 is 0 Å². The Morgan fingerprint density at radius 2 is 1.73 bits per heavy atom. The molecule has 0 radical (unpaired) electrons. The molecular formula is C20H25FN3O2+. The number of hydrogen-bond donors (Lipinski definition) is 2. The largest absolute Gasteiger partial charge is 0.508 e. The normalized spacial score (nSPS) is 15.1. The number of carbonyl (C=O) groups is 1. The number of nitrogens with one attached hydrogen (secondary N) is 1. The van der Waals surface area contributed by atoms with Crippen LogP contribution in [0.2, 0.25) is 0 Å². The highest BCUT2D eigenvalue weighted by atomic mass is 19.1. The fourth-order valence-corrected chi connectivity index (χ4v) is 3.35. The molecule has 0 spiro atoms. The molecule has 1 amide bonds.